The van der Waals surface area contributed by atoms with Crippen molar-refractivity contribution in [1.29, 1.82) is 0 Å². The maximum absolute atomic E-state index is 12.9. The molecule has 1 amide bonds. The predicted molar refractivity (Wildman–Crippen MR) is 94.8 cm³/mol. The highest BCUT2D eigenvalue weighted by Crippen LogP contribution is 2.29. The van der Waals surface area contributed by atoms with Crippen LogP contribution in [0.15, 0.2) is 24.3 Å². The molecule has 3 heterocycles. The van der Waals surface area contributed by atoms with Gasteiger partial charge in [-0.05, 0) is 37.8 Å². The summed E-state index contributed by atoms with van der Waals surface area (Å²) < 4.78 is 2.09. The Morgan fingerprint density at radius 3 is 2.71 bits per heavy atom. The summed E-state index contributed by atoms with van der Waals surface area (Å²) in [7, 11) is 1.97. The molecule has 5 nitrogen and oxygen atoms in total. The first-order chi connectivity index (χ1) is 11.7. The van der Waals surface area contributed by atoms with Crippen molar-refractivity contribution < 1.29 is 4.79 Å². The number of carbonyl (C=O) groups is 1. The van der Waals surface area contributed by atoms with Crippen molar-refractivity contribution in [2.75, 3.05) is 7.05 Å². The predicted octanol–water partition coefficient (Wildman–Crippen LogP) is 2.34. The van der Waals surface area contributed by atoms with E-state index in [2.05, 4.69) is 27.9 Å². The maximum Gasteiger partial charge on any atom is 0.242 e. The smallest absolute Gasteiger partial charge is 0.242 e. The Labute approximate surface area is 143 Å². The van der Waals surface area contributed by atoms with Crippen LogP contribution in [0.5, 0.6) is 0 Å². The number of nitrogens with one attached hydrogen (secondary N) is 1. The molecule has 128 valence electrons. The Bertz CT molecular complexity index is 741. The lowest BCUT2D eigenvalue weighted by atomic mass is 9.98. The van der Waals surface area contributed by atoms with Gasteiger partial charge in [-0.3, -0.25) is 4.79 Å². The van der Waals surface area contributed by atoms with Crippen LogP contribution in [0.4, 0.5) is 0 Å². The van der Waals surface area contributed by atoms with Crippen LogP contribution in [0.3, 0.4) is 0 Å². The molecule has 24 heavy (non-hydrogen) atoms. The zero-order chi connectivity index (χ0) is 16.7. The Balaban J connectivity index is 1.53. The normalized spacial score (nSPS) is 26.0. The molecule has 2 aliphatic heterocycles. The summed E-state index contributed by atoms with van der Waals surface area (Å²) in [5.41, 5.74) is 2.03. The lowest BCUT2D eigenvalue weighted by molar-refractivity contribution is -0.133. The van der Waals surface area contributed by atoms with Gasteiger partial charge in [-0.2, -0.15) is 0 Å². The molecule has 1 aromatic heterocycles. The quantitative estimate of drug-likeness (QED) is 0.938. The van der Waals surface area contributed by atoms with E-state index in [1.807, 2.05) is 30.1 Å². The molecule has 2 bridgehead atoms. The van der Waals surface area contributed by atoms with E-state index in [-0.39, 0.29) is 5.91 Å². The van der Waals surface area contributed by atoms with Gasteiger partial charge in [-0.1, -0.05) is 19.1 Å². The van der Waals surface area contributed by atoms with Crippen molar-refractivity contribution in [3.63, 3.8) is 0 Å². The number of nitrogens with zero attached hydrogens (tertiary/aromatic N) is 3. The van der Waals surface area contributed by atoms with E-state index in [1.165, 1.54) is 12.8 Å². The maximum atomic E-state index is 12.9. The molecule has 5 heteroatoms. The highest BCUT2D eigenvalue weighted by molar-refractivity contribution is 5.81. The van der Waals surface area contributed by atoms with Crippen LogP contribution in [0.2, 0.25) is 0 Å². The summed E-state index contributed by atoms with van der Waals surface area (Å²) in [6, 6.07) is 9.66. The molecule has 2 saturated heterocycles. The first kappa shape index (κ1) is 15.6. The summed E-state index contributed by atoms with van der Waals surface area (Å²) in [6.07, 6.45) is 5.53. The van der Waals surface area contributed by atoms with Gasteiger partial charge >= 0.3 is 0 Å². The van der Waals surface area contributed by atoms with Crippen LogP contribution in [0, 0.1) is 0 Å². The molecule has 1 N–H and O–H groups in total. The second-order valence-electron chi connectivity index (χ2n) is 7.22. The van der Waals surface area contributed by atoms with E-state index >= 15 is 0 Å². The molecule has 2 fully saturated rings. The van der Waals surface area contributed by atoms with Crippen molar-refractivity contribution in [2.24, 2.45) is 0 Å². The van der Waals surface area contributed by atoms with Crippen LogP contribution in [-0.2, 0) is 17.8 Å². The Hall–Kier alpha value is -1.88. The lowest BCUT2D eigenvalue weighted by Gasteiger charge is -2.35. The lowest BCUT2D eigenvalue weighted by Crippen LogP contribution is -2.49. The van der Waals surface area contributed by atoms with Gasteiger partial charge < -0.3 is 14.8 Å². The minimum atomic E-state index is 0.194. The van der Waals surface area contributed by atoms with Gasteiger partial charge in [0.2, 0.25) is 5.91 Å². The number of imidazole rings is 1. The average Bonchev–Trinajstić information content (AvgIpc) is 3.13. The molecule has 2 atom stereocenters. The summed E-state index contributed by atoms with van der Waals surface area (Å²) in [4.78, 5) is 19.6. The number of rotatable bonds is 4. The molecule has 0 aliphatic carbocycles. The second kappa shape index (κ2) is 6.20. The van der Waals surface area contributed by atoms with Gasteiger partial charge in [-0.25, -0.2) is 4.98 Å². The van der Waals surface area contributed by atoms with Crippen molar-refractivity contribution in [1.82, 2.24) is 19.8 Å². The number of carbonyl (C=O) groups excluding carboxylic acids is 1. The summed E-state index contributed by atoms with van der Waals surface area (Å²) in [6.45, 7) is 2.48. The second-order valence-corrected chi connectivity index (χ2v) is 7.22. The van der Waals surface area contributed by atoms with Crippen LogP contribution in [-0.4, -0.2) is 45.5 Å². The number of aromatic nitrogens is 2. The molecule has 0 saturated carbocycles. The Kier molecular flexibility index (Phi) is 4.04. The standard InChI is InChI=1S/C19H26N4O/c1-3-18-21-16-6-4-5-7-17(16)23(18)12-19(24)22(2)15-10-13-8-9-14(11-15)20-13/h4-7,13-15,20H,3,8-12H2,1-2H3. The number of likely N-dealkylation sites (N-methyl/N-ethyl adjacent to an activating group) is 1. The topological polar surface area (TPSA) is 50.2 Å². The zero-order valence-electron chi connectivity index (χ0n) is 14.5. The van der Waals surface area contributed by atoms with Crippen LogP contribution >= 0.6 is 0 Å². The number of para-hydroxylation sites is 2. The number of hydrogen-bond acceptors (Lipinski definition) is 3. The Morgan fingerprint density at radius 1 is 1.29 bits per heavy atom. The fraction of sp³-hybridized carbons (Fsp3) is 0.579. The summed E-state index contributed by atoms with van der Waals surface area (Å²) >= 11 is 0. The number of amides is 1. The molecule has 2 unspecified atom stereocenters. The van der Waals surface area contributed by atoms with E-state index < -0.39 is 0 Å². The molecule has 1 aromatic carbocycles. The Morgan fingerprint density at radius 2 is 2.00 bits per heavy atom. The van der Waals surface area contributed by atoms with Gasteiger partial charge in [0.05, 0.1) is 11.0 Å². The fourth-order valence-electron chi connectivity index (χ4n) is 4.37. The molecular weight excluding hydrogens is 300 g/mol. The largest absolute Gasteiger partial charge is 0.341 e. The average molecular weight is 326 g/mol. The first-order valence-electron chi connectivity index (χ1n) is 9.11. The fourth-order valence-corrected chi connectivity index (χ4v) is 4.37. The monoisotopic (exact) mass is 326 g/mol. The van der Waals surface area contributed by atoms with E-state index in [1.54, 1.807) is 0 Å². The van der Waals surface area contributed by atoms with E-state index in [4.69, 9.17) is 0 Å². The molecular formula is C19H26N4O. The SMILES string of the molecule is CCc1nc2ccccc2n1CC(=O)N(C)C1CC2CCC(C1)N2. The van der Waals surface area contributed by atoms with Crippen LogP contribution < -0.4 is 5.32 Å². The van der Waals surface area contributed by atoms with Crippen LogP contribution in [0.25, 0.3) is 11.0 Å². The van der Waals surface area contributed by atoms with Crippen molar-refractivity contribution in [3.8, 4) is 0 Å². The third kappa shape index (κ3) is 2.71. The van der Waals surface area contributed by atoms with Crippen LogP contribution in [0.1, 0.15) is 38.4 Å². The highest BCUT2D eigenvalue weighted by atomic mass is 16.2. The third-order valence-electron chi connectivity index (χ3n) is 5.73. The molecule has 2 aliphatic rings. The van der Waals surface area contributed by atoms with E-state index in [9.17, 15) is 4.79 Å². The number of hydrogen-bond donors (Lipinski definition) is 1. The summed E-state index contributed by atoms with van der Waals surface area (Å²) in [5.74, 6) is 1.18. The molecule has 4 rings (SSSR count). The van der Waals surface area contributed by atoms with Crippen molar-refractivity contribution in [2.45, 2.75) is 63.7 Å². The van der Waals surface area contributed by atoms with E-state index in [0.29, 0.717) is 24.7 Å². The van der Waals surface area contributed by atoms with Crippen molar-refractivity contribution >= 4 is 16.9 Å². The van der Waals surface area contributed by atoms with Gasteiger partial charge in [0, 0.05) is 31.6 Å². The third-order valence-corrected chi connectivity index (χ3v) is 5.73. The van der Waals surface area contributed by atoms with Crippen molar-refractivity contribution in [3.05, 3.63) is 30.1 Å². The van der Waals surface area contributed by atoms with Gasteiger partial charge in [-0.15, -0.1) is 0 Å². The van der Waals surface area contributed by atoms with Gasteiger partial charge in [0.15, 0.2) is 0 Å². The van der Waals surface area contributed by atoms with Gasteiger partial charge in [0.1, 0.15) is 12.4 Å². The summed E-state index contributed by atoms with van der Waals surface area (Å²) in [5, 5.41) is 3.65. The zero-order valence-corrected chi connectivity index (χ0v) is 14.5. The van der Waals surface area contributed by atoms with E-state index in [0.717, 1.165) is 36.1 Å². The minimum absolute atomic E-state index is 0.194. The number of piperidine rings is 1. The highest BCUT2D eigenvalue weighted by Gasteiger charge is 2.36. The molecule has 0 spiro atoms. The minimum Gasteiger partial charge on any atom is -0.341 e. The number of aryl methyl sites for hydroxylation is 1. The molecule has 2 aromatic rings. The number of fused-ring (bicyclic) bond motifs is 3. The first-order valence-corrected chi connectivity index (χ1v) is 9.11. The molecule has 0 radical (unpaired) electrons. The number of benzene rings is 1. The van der Waals surface area contributed by atoms with Gasteiger partial charge in [0.25, 0.3) is 0 Å².